The van der Waals surface area contributed by atoms with Crippen LogP contribution in [0.15, 0.2) is 30.3 Å². The molecule has 0 heterocycles. The van der Waals surface area contributed by atoms with E-state index in [-0.39, 0.29) is 11.8 Å². The number of ether oxygens (including phenoxy) is 1. The molecule has 1 rings (SSSR count). The third-order valence-electron chi connectivity index (χ3n) is 2.31. The van der Waals surface area contributed by atoms with Crippen molar-refractivity contribution in [3.05, 3.63) is 35.9 Å². The molecular weight excluding hydrogens is 240 g/mol. The second kappa shape index (κ2) is 6.70. The Morgan fingerprint density at radius 1 is 1.35 bits per heavy atom. The van der Waals surface area contributed by atoms with Crippen LogP contribution in [-0.2, 0) is 14.8 Å². The van der Waals surface area contributed by atoms with Gasteiger partial charge in [-0.1, -0.05) is 30.3 Å². The molecule has 1 atom stereocenters. The van der Waals surface area contributed by atoms with Crippen LogP contribution in [0.5, 0.6) is 0 Å². The second-order valence-corrected chi connectivity index (χ2v) is 5.47. The molecule has 0 aliphatic heterocycles. The van der Waals surface area contributed by atoms with E-state index in [2.05, 4.69) is 5.32 Å². The van der Waals surface area contributed by atoms with E-state index in [1.807, 2.05) is 30.3 Å². The predicted octanol–water partition coefficient (Wildman–Crippen LogP) is 0.252. The highest BCUT2D eigenvalue weighted by Crippen LogP contribution is 2.12. The number of nitrogens with one attached hydrogen (secondary N) is 1. The van der Waals surface area contributed by atoms with Gasteiger partial charge in [0.25, 0.3) is 0 Å². The Bertz CT molecular complexity index is 420. The van der Waals surface area contributed by atoms with E-state index in [1.165, 1.54) is 0 Å². The summed E-state index contributed by atoms with van der Waals surface area (Å²) in [6, 6.07) is 9.69. The number of hydrogen-bond donors (Lipinski definition) is 2. The maximum absolute atomic E-state index is 10.8. The number of hydrogen-bond acceptors (Lipinski definition) is 4. The summed E-state index contributed by atoms with van der Waals surface area (Å²) in [5, 5.41) is 8.04. The number of rotatable bonds is 7. The molecular formula is C11H18N2O3S. The minimum absolute atomic E-state index is 0.0250. The van der Waals surface area contributed by atoms with Crippen molar-refractivity contribution >= 4 is 10.0 Å². The number of sulfonamides is 1. The minimum atomic E-state index is -3.42. The van der Waals surface area contributed by atoms with E-state index in [4.69, 9.17) is 9.88 Å². The molecule has 0 aliphatic carbocycles. The van der Waals surface area contributed by atoms with Gasteiger partial charge in [0.05, 0.1) is 18.4 Å². The van der Waals surface area contributed by atoms with Crippen LogP contribution >= 0.6 is 0 Å². The fraction of sp³-hybridized carbons (Fsp3) is 0.455. The number of benzene rings is 1. The second-order valence-electron chi connectivity index (χ2n) is 3.74. The lowest BCUT2D eigenvalue weighted by Gasteiger charge is -2.18. The van der Waals surface area contributed by atoms with Crippen molar-refractivity contribution in [3.8, 4) is 0 Å². The van der Waals surface area contributed by atoms with Crippen molar-refractivity contribution < 1.29 is 13.2 Å². The zero-order valence-electron chi connectivity index (χ0n) is 9.80. The molecule has 0 bridgehead atoms. The van der Waals surface area contributed by atoms with Gasteiger partial charge < -0.3 is 10.1 Å². The maximum atomic E-state index is 10.8. The molecule has 17 heavy (non-hydrogen) atoms. The molecule has 0 aliphatic rings. The summed E-state index contributed by atoms with van der Waals surface area (Å²) in [5.41, 5.74) is 1.06. The summed E-state index contributed by atoms with van der Waals surface area (Å²) >= 11 is 0. The highest BCUT2D eigenvalue weighted by Gasteiger charge is 2.11. The smallest absolute Gasteiger partial charge is 0.210 e. The van der Waals surface area contributed by atoms with E-state index in [9.17, 15) is 8.42 Å². The Morgan fingerprint density at radius 3 is 2.53 bits per heavy atom. The average Bonchev–Trinajstić information content (AvgIpc) is 2.27. The highest BCUT2D eigenvalue weighted by molar-refractivity contribution is 7.89. The zero-order valence-corrected chi connectivity index (χ0v) is 10.6. The Kier molecular flexibility index (Phi) is 5.57. The van der Waals surface area contributed by atoms with Crippen molar-refractivity contribution in [2.75, 3.05) is 26.0 Å². The van der Waals surface area contributed by atoms with Crippen molar-refractivity contribution in [1.82, 2.24) is 5.32 Å². The summed E-state index contributed by atoms with van der Waals surface area (Å²) < 4.78 is 26.7. The SMILES string of the molecule is COCC(NCCS(N)(=O)=O)c1ccccc1. The van der Waals surface area contributed by atoms with Gasteiger partial charge in [-0.15, -0.1) is 0 Å². The van der Waals surface area contributed by atoms with Crippen LogP contribution in [0.2, 0.25) is 0 Å². The van der Waals surface area contributed by atoms with Gasteiger partial charge in [0.1, 0.15) is 0 Å². The predicted molar refractivity (Wildman–Crippen MR) is 67.0 cm³/mol. The lowest BCUT2D eigenvalue weighted by molar-refractivity contribution is 0.168. The molecule has 5 nitrogen and oxygen atoms in total. The van der Waals surface area contributed by atoms with Gasteiger partial charge in [-0.3, -0.25) is 0 Å². The van der Waals surface area contributed by atoms with Crippen LogP contribution in [0.25, 0.3) is 0 Å². The van der Waals surface area contributed by atoms with E-state index in [1.54, 1.807) is 7.11 Å². The largest absolute Gasteiger partial charge is 0.383 e. The van der Waals surface area contributed by atoms with Gasteiger partial charge >= 0.3 is 0 Å². The third kappa shape index (κ3) is 5.78. The Morgan fingerprint density at radius 2 is 2.00 bits per heavy atom. The first-order valence-corrected chi connectivity index (χ1v) is 7.02. The molecule has 0 radical (unpaired) electrons. The topological polar surface area (TPSA) is 81.4 Å². The van der Waals surface area contributed by atoms with E-state index >= 15 is 0 Å². The van der Waals surface area contributed by atoms with Crippen molar-refractivity contribution in [3.63, 3.8) is 0 Å². The fourth-order valence-electron chi connectivity index (χ4n) is 1.50. The van der Waals surface area contributed by atoms with E-state index in [0.29, 0.717) is 13.2 Å². The van der Waals surface area contributed by atoms with Crippen LogP contribution < -0.4 is 10.5 Å². The molecule has 96 valence electrons. The number of methoxy groups -OCH3 is 1. The summed E-state index contributed by atoms with van der Waals surface area (Å²) in [6.45, 7) is 0.788. The van der Waals surface area contributed by atoms with Gasteiger partial charge in [0.15, 0.2) is 0 Å². The third-order valence-corrected chi connectivity index (χ3v) is 3.09. The molecule has 1 unspecified atom stereocenters. The molecule has 6 heteroatoms. The lowest BCUT2D eigenvalue weighted by Crippen LogP contribution is -2.32. The van der Waals surface area contributed by atoms with Crippen LogP contribution in [0.1, 0.15) is 11.6 Å². The van der Waals surface area contributed by atoms with E-state index < -0.39 is 10.0 Å². The molecule has 3 N–H and O–H groups in total. The fourth-order valence-corrected chi connectivity index (χ4v) is 1.90. The number of primary sulfonamides is 1. The Hall–Kier alpha value is -0.950. The van der Waals surface area contributed by atoms with Crippen molar-refractivity contribution in [2.24, 2.45) is 5.14 Å². The van der Waals surface area contributed by atoms with Crippen molar-refractivity contribution in [2.45, 2.75) is 6.04 Å². The number of nitrogens with two attached hydrogens (primary N) is 1. The van der Waals surface area contributed by atoms with Crippen LogP contribution in [0.4, 0.5) is 0 Å². The first kappa shape index (κ1) is 14.1. The molecule has 0 saturated carbocycles. The molecule has 1 aromatic carbocycles. The van der Waals surface area contributed by atoms with Gasteiger partial charge in [-0.05, 0) is 5.56 Å². The Balaban J connectivity index is 2.56. The minimum Gasteiger partial charge on any atom is -0.383 e. The highest BCUT2D eigenvalue weighted by atomic mass is 32.2. The quantitative estimate of drug-likeness (QED) is 0.734. The first-order chi connectivity index (χ1) is 8.03. The summed E-state index contributed by atoms with van der Waals surface area (Å²) in [6.07, 6.45) is 0. The molecule has 0 amide bonds. The lowest BCUT2D eigenvalue weighted by atomic mass is 10.1. The summed E-state index contributed by atoms with van der Waals surface area (Å²) in [5.74, 6) is -0.0833. The normalized spacial score (nSPS) is 13.5. The van der Waals surface area contributed by atoms with Crippen molar-refractivity contribution in [1.29, 1.82) is 0 Å². The van der Waals surface area contributed by atoms with Crippen LogP contribution in [0.3, 0.4) is 0 Å². The van der Waals surface area contributed by atoms with Gasteiger partial charge in [0, 0.05) is 13.7 Å². The van der Waals surface area contributed by atoms with Crippen LogP contribution in [0, 0.1) is 0 Å². The first-order valence-electron chi connectivity index (χ1n) is 5.30. The summed E-state index contributed by atoms with van der Waals surface area (Å²) in [4.78, 5) is 0. The monoisotopic (exact) mass is 258 g/mol. The molecule has 0 aromatic heterocycles. The van der Waals surface area contributed by atoms with Gasteiger partial charge in [-0.25, -0.2) is 13.6 Å². The Labute approximate surface area is 102 Å². The standard InChI is InChI=1S/C11H18N2O3S/c1-16-9-11(10-5-3-2-4-6-10)13-7-8-17(12,14)15/h2-6,11,13H,7-9H2,1H3,(H2,12,14,15). The molecule has 0 fully saturated rings. The molecule has 0 spiro atoms. The summed E-state index contributed by atoms with van der Waals surface area (Å²) in [7, 11) is -1.81. The van der Waals surface area contributed by atoms with Gasteiger partial charge in [0.2, 0.25) is 10.0 Å². The van der Waals surface area contributed by atoms with Crippen LogP contribution in [-0.4, -0.2) is 34.4 Å². The van der Waals surface area contributed by atoms with E-state index in [0.717, 1.165) is 5.56 Å². The molecule has 1 aromatic rings. The molecule has 0 saturated heterocycles. The zero-order chi connectivity index (χ0) is 12.7. The average molecular weight is 258 g/mol. The maximum Gasteiger partial charge on any atom is 0.210 e. The van der Waals surface area contributed by atoms with Gasteiger partial charge in [-0.2, -0.15) is 0 Å².